The van der Waals surface area contributed by atoms with Crippen molar-refractivity contribution in [3.8, 4) is 16.8 Å². The third-order valence-electron chi connectivity index (χ3n) is 6.84. The number of hydrogen-bond acceptors (Lipinski definition) is 4. The van der Waals surface area contributed by atoms with Crippen molar-refractivity contribution in [2.24, 2.45) is 11.8 Å². The van der Waals surface area contributed by atoms with Gasteiger partial charge in [0, 0.05) is 30.8 Å². The molecule has 2 aromatic carbocycles. The molecule has 1 unspecified atom stereocenters. The summed E-state index contributed by atoms with van der Waals surface area (Å²) in [6.45, 7) is 3.51. The second-order valence-corrected chi connectivity index (χ2v) is 9.35. The van der Waals surface area contributed by atoms with Crippen LogP contribution in [-0.4, -0.2) is 38.7 Å². The quantitative estimate of drug-likeness (QED) is 0.505. The molecule has 4 aromatic rings. The van der Waals surface area contributed by atoms with Crippen molar-refractivity contribution in [3.63, 3.8) is 0 Å². The fourth-order valence-electron chi connectivity index (χ4n) is 4.94. The van der Waals surface area contributed by atoms with Crippen LogP contribution in [0.3, 0.4) is 0 Å². The van der Waals surface area contributed by atoms with Gasteiger partial charge in [0.05, 0.1) is 5.69 Å². The highest BCUT2D eigenvalue weighted by Crippen LogP contribution is 2.33. The number of furan rings is 1. The molecule has 1 saturated heterocycles. The molecule has 168 valence electrons. The molecule has 1 amide bonds. The number of H-pyrrole nitrogens is 1. The van der Waals surface area contributed by atoms with Gasteiger partial charge in [0.2, 0.25) is 5.91 Å². The van der Waals surface area contributed by atoms with E-state index in [2.05, 4.69) is 16.3 Å². The number of carbonyl (C=O) groups is 1. The lowest BCUT2D eigenvalue weighted by atomic mass is 10.0. The van der Waals surface area contributed by atoms with Crippen LogP contribution >= 0.6 is 0 Å². The van der Waals surface area contributed by atoms with Gasteiger partial charge in [0.15, 0.2) is 0 Å². The Balaban J connectivity index is 1.22. The summed E-state index contributed by atoms with van der Waals surface area (Å²) < 4.78 is 7.32. The molecule has 2 fully saturated rings. The second kappa shape index (κ2) is 7.76. The molecule has 2 aromatic heterocycles. The van der Waals surface area contributed by atoms with E-state index in [0.29, 0.717) is 24.1 Å². The van der Waals surface area contributed by atoms with Crippen LogP contribution in [0.1, 0.15) is 30.8 Å². The fraction of sp³-hybridized carbons (Fsp3) is 0.346. The first-order valence-electron chi connectivity index (χ1n) is 11.6. The van der Waals surface area contributed by atoms with Gasteiger partial charge >= 0.3 is 5.69 Å². The van der Waals surface area contributed by atoms with Crippen molar-refractivity contribution in [3.05, 3.63) is 70.6 Å². The first kappa shape index (κ1) is 20.0. The number of likely N-dealkylation sites (tertiary alicyclic amines) is 1. The van der Waals surface area contributed by atoms with Crippen LogP contribution in [0.4, 0.5) is 0 Å². The first-order valence-corrected chi connectivity index (χ1v) is 11.6. The molecule has 7 heteroatoms. The number of hydrogen-bond donors (Lipinski definition) is 1. The van der Waals surface area contributed by atoms with Crippen molar-refractivity contribution in [1.29, 1.82) is 0 Å². The standard InChI is InChI=1S/C26H26N4O3/c1-16-12-21-14-20(6-9-23(21)33-16)18-4-7-22(8-5-18)30-24(27-28-26(30)32)13-17-10-11-29(15-17)25(31)19-2-3-19/h4-9,12,14,17,19H,2-3,10-11,13,15H2,1H3,(H,28,32). The van der Waals surface area contributed by atoms with Crippen molar-refractivity contribution < 1.29 is 9.21 Å². The van der Waals surface area contributed by atoms with Gasteiger partial charge in [-0.1, -0.05) is 18.2 Å². The average molecular weight is 443 g/mol. The number of aryl methyl sites for hydroxylation is 1. The van der Waals surface area contributed by atoms with E-state index in [4.69, 9.17) is 4.42 Å². The summed E-state index contributed by atoms with van der Waals surface area (Å²) in [6.07, 6.45) is 3.69. The Morgan fingerprint density at radius 3 is 2.67 bits per heavy atom. The van der Waals surface area contributed by atoms with Crippen LogP contribution in [0.2, 0.25) is 0 Å². The highest BCUT2D eigenvalue weighted by atomic mass is 16.3. The second-order valence-electron chi connectivity index (χ2n) is 9.35. The highest BCUT2D eigenvalue weighted by molar-refractivity contribution is 5.84. The number of rotatable bonds is 5. The van der Waals surface area contributed by atoms with Crippen LogP contribution in [0.5, 0.6) is 0 Å². The lowest BCUT2D eigenvalue weighted by Crippen LogP contribution is -2.30. The Morgan fingerprint density at radius 2 is 1.88 bits per heavy atom. The number of benzene rings is 2. The highest BCUT2D eigenvalue weighted by Gasteiger charge is 2.36. The van der Waals surface area contributed by atoms with Crippen molar-refractivity contribution in [2.75, 3.05) is 13.1 Å². The molecule has 1 saturated carbocycles. The number of fused-ring (bicyclic) bond motifs is 1. The maximum atomic E-state index is 12.6. The fourth-order valence-corrected chi connectivity index (χ4v) is 4.94. The summed E-state index contributed by atoms with van der Waals surface area (Å²) in [5, 5.41) is 7.99. The lowest BCUT2D eigenvalue weighted by molar-refractivity contribution is -0.131. The van der Waals surface area contributed by atoms with E-state index < -0.39 is 0 Å². The minimum Gasteiger partial charge on any atom is -0.461 e. The minimum atomic E-state index is -0.239. The van der Waals surface area contributed by atoms with Crippen LogP contribution < -0.4 is 5.69 Å². The van der Waals surface area contributed by atoms with Gasteiger partial charge in [0.25, 0.3) is 0 Å². The topological polar surface area (TPSA) is 84.1 Å². The summed E-state index contributed by atoms with van der Waals surface area (Å²) in [7, 11) is 0. The number of aromatic amines is 1. The summed E-state index contributed by atoms with van der Waals surface area (Å²) in [5.74, 6) is 2.49. The number of aromatic nitrogens is 3. The molecule has 1 atom stereocenters. The molecule has 1 N–H and O–H groups in total. The predicted octanol–water partition coefficient (Wildman–Crippen LogP) is 4.08. The summed E-state index contributed by atoms with van der Waals surface area (Å²) in [5.41, 5.74) is 3.60. The molecule has 2 aliphatic rings. The monoisotopic (exact) mass is 442 g/mol. The number of amides is 1. The Bertz CT molecular complexity index is 1390. The maximum absolute atomic E-state index is 12.6. The van der Waals surface area contributed by atoms with Gasteiger partial charge < -0.3 is 9.32 Å². The molecule has 0 radical (unpaired) electrons. The van der Waals surface area contributed by atoms with Gasteiger partial charge in [-0.25, -0.2) is 14.5 Å². The van der Waals surface area contributed by atoms with Gasteiger partial charge in [-0.05, 0) is 73.6 Å². The van der Waals surface area contributed by atoms with Gasteiger partial charge in [-0.3, -0.25) is 4.79 Å². The Labute approximate surface area is 191 Å². The van der Waals surface area contributed by atoms with E-state index in [9.17, 15) is 9.59 Å². The van der Waals surface area contributed by atoms with E-state index >= 15 is 0 Å². The van der Waals surface area contributed by atoms with E-state index in [1.54, 1.807) is 4.57 Å². The molecule has 3 heterocycles. The molecule has 1 aliphatic carbocycles. The Morgan fingerprint density at radius 1 is 1.09 bits per heavy atom. The lowest BCUT2D eigenvalue weighted by Gasteiger charge is -2.16. The normalized spacial score (nSPS) is 18.3. The van der Waals surface area contributed by atoms with Gasteiger partial charge in [0.1, 0.15) is 17.2 Å². The predicted molar refractivity (Wildman–Crippen MR) is 125 cm³/mol. The molecule has 0 spiro atoms. The number of carbonyl (C=O) groups excluding carboxylic acids is 1. The zero-order chi connectivity index (χ0) is 22.5. The Hall–Kier alpha value is -3.61. The maximum Gasteiger partial charge on any atom is 0.347 e. The SMILES string of the molecule is Cc1cc2cc(-c3ccc(-n4c(CC5CCN(C(=O)C6CC6)C5)n[nH]c4=O)cc3)ccc2o1. The van der Waals surface area contributed by atoms with Crippen molar-refractivity contribution in [2.45, 2.75) is 32.6 Å². The summed E-state index contributed by atoms with van der Waals surface area (Å²) in [6, 6.07) is 16.2. The average Bonchev–Trinajstić information content (AvgIpc) is 3.28. The largest absolute Gasteiger partial charge is 0.461 e. The molecule has 6 rings (SSSR count). The van der Waals surface area contributed by atoms with E-state index in [1.165, 1.54) is 0 Å². The smallest absolute Gasteiger partial charge is 0.347 e. The van der Waals surface area contributed by atoms with Crippen LogP contribution in [0, 0.1) is 18.8 Å². The molecule has 0 bridgehead atoms. The van der Waals surface area contributed by atoms with Gasteiger partial charge in [-0.15, -0.1) is 0 Å². The minimum absolute atomic E-state index is 0.239. The molecule has 1 aliphatic heterocycles. The van der Waals surface area contributed by atoms with Crippen molar-refractivity contribution in [1.82, 2.24) is 19.7 Å². The van der Waals surface area contributed by atoms with Crippen LogP contribution in [0.25, 0.3) is 27.8 Å². The van der Waals surface area contributed by atoms with E-state index in [1.807, 2.05) is 54.3 Å². The third-order valence-corrected chi connectivity index (χ3v) is 6.84. The van der Waals surface area contributed by atoms with Gasteiger partial charge in [-0.2, -0.15) is 5.10 Å². The molecule has 7 nitrogen and oxygen atoms in total. The number of nitrogens with one attached hydrogen (secondary N) is 1. The summed E-state index contributed by atoms with van der Waals surface area (Å²) in [4.78, 5) is 26.9. The van der Waals surface area contributed by atoms with Crippen LogP contribution in [-0.2, 0) is 11.2 Å². The van der Waals surface area contributed by atoms with E-state index in [0.717, 1.165) is 65.9 Å². The van der Waals surface area contributed by atoms with Crippen LogP contribution in [0.15, 0.2) is 57.7 Å². The van der Waals surface area contributed by atoms with E-state index in [-0.39, 0.29) is 11.6 Å². The Kier molecular flexibility index (Phi) is 4.71. The molecule has 33 heavy (non-hydrogen) atoms. The zero-order valence-corrected chi connectivity index (χ0v) is 18.6. The zero-order valence-electron chi connectivity index (χ0n) is 18.6. The first-order chi connectivity index (χ1) is 16.0. The summed E-state index contributed by atoms with van der Waals surface area (Å²) >= 11 is 0. The van der Waals surface area contributed by atoms with Crippen molar-refractivity contribution >= 4 is 16.9 Å². The third kappa shape index (κ3) is 3.77. The number of nitrogens with zero attached hydrogens (tertiary/aromatic N) is 3. The molecular formula is C26H26N4O3. The molecular weight excluding hydrogens is 416 g/mol.